The molecule has 1 amide bonds. The highest BCUT2D eigenvalue weighted by atomic mass is 32.2. The van der Waals surface area contributed by atoms with Crippen molar-refractivity contribution in [2.45, 2.75) is 11.3 Å². The van der Waals surface area contributed by atoms with Gasteiger partial charge < -0.3 is 15.0 Å². The number of halogens is 1. The molecule has 1 fully saturated rings. The van der Waals surface area contributed by atoms with E-state index in [4.69, 9.17) is 4.74 Å². The van der Waals surface area contributed by atoms with Crippen LogP contribution in [0.1, 0.15) is 6.42 Å². The molecule has 2 aromatic rings. The second-order valence-corrected chi connectivity index (χ2v) is 6.69. The maximum absolute atomic E-state index is 13.6. The highest BCUT2D eigenvalue weighted by Crippen LogP contribution is 2.25. The van der Waals surface area contributed by atoms with E-state index >= 15 is 0 Å². The summed E-state index contributed by atoms with van der Waals surface area (Å²) in [6, 6.07) is 10.2. The fourth-order valence-corrected chi connectivity index (χ4v) is 3.44. The average Bonchev–Trinajstić information content (AvgIpc) is 2.64. The summed E-state index contributed by atoms with van der Waals surface area (Å²) in [6.07, 6.45) is 2.02. The molecule has 0 aliphatic carbocycles. The number of aromatic nitrogens is 1. The molecule has 0 unspecified atom stereocenters. The van der Waals surface area contributed by atoms with E-state index in [1.165, 1.54) is 17.8 Å². The molecular weight excluding hydrogens is 341 g/mol. The topological polar surface area (TPSA) is 54.5 Å². The number of hydrogen-bond acceptors (Lipinski definition) is 5. The Balaban J connectivity index is 1.55. The van der Waals surface area contributed by atoms with Crippen LogP contribution in [0, 0.1) is 5.82 Å². The van der Waals surface area contributed by atoms with Gasteiger partial charge in [0.15, 0.2) is 5.82 Å². The Labute approximate surface area is 150 Å². The Kier molecular flexibility index (Phi) is 6.25. The number of hydrogen-bond donors (Lipinski definition) is 1. The number of carbonyl (C=O) groups excluding carboxylic acids is 1. The molecule has 7 heteroatoms. The van der Waals surface area contributed by atoms with Gasteiger partial charge in [0.25, 0.3) is 0 Å². The maximum atomic E-state index is 13.6. The van der Waals surface area contributed by atoms with E-state index in [0.717, 1.165) is 18.9 Å². The summed E-state index contributed by atoms with van der Waals surface area (Å²) in [7, 11) is 0. The largest absolute Gasteiger partial charge is 0.378 e. The highest BCUT2D eigenvalue weighted by molar-refractivity contribution is 7.99. The minimum Gasteiger partial charge on any atom is -0.378 e. The molecule has 1 N–H and O–H groups in total. The smallest absolute Gasteiger partial charge is 0.225 e. The number of rotatable bonds is 6. The summed E-state index contributed by atoms with van der Waals surface area (Å²) in [5.41, 5.74) is 0.699. The van der Waals surface area contributed by atoms with E-state index in [-0.39, 0.29) is 11.7 Å². The summed E-state index contributed by atoms with van der Waals surface area (Å²) in [4.78, 5) is 19.3. The van der Waals surface area contributed by atoms with Crippen LogP contribution in [0.2, 0.25) is 0 Å². The van der Waals surface area contributed by atoms with Crippen LogP contribution in [-0.2, 0) is 9.53 Å². The molecule has 5 nitrogen and oxygen atoms in total. The average molecular weight is 361 g/mol. The van der Waals surface area contributed by atoms with Crippen LogP contribution in [-0.4, -0.2) is 42.9 Å². The molecule has 3 rings (SSSR count). The number of benzene rings is 1. The third-order valence-electron chi connectivity index (χ3n) is 3.79. The number of morpholine rings is 1. The van der Waals surface area contributed by atoms with Crippen LogP contribution in [0.4, 0.5) is 15.9 Å². The number of ether oxygens (including phenoxy) is 1. The van der Waals surface area contributed by atoms with Crippen LogP contribution in [0.15, 0.2) is 47.5 Å². The van der Waals surface area contributed by atoms with Crippen LogP contribution >= 0.6 is 11.8 Å². The predicted octanol–water partition coefficient (Wildman–Crippen LogP) is 3.18. The lowest BCUT2D eigenvalue weighted by Crippen LogP contribution is -2.37. The van der Waals surface area contributed by atoms with E-state index in [1.807, 2.05) is 6.07 Å². The Hall–Kier alpha value is -2.12. The van der Waals surface area contributed by atoms with Crippen molar-refractivity contribution in [3.63, 3.8) is 0 Å². The third kappa shape index (κ3) is 4.93. The zero-order valence-corrected chi connectivity index (χ0v) is 14.6. The Bertz CT molecular complexity index is 723. The van der Waals surface area contributed by atoms with Gasteiger partial charge in [-0.15, -0.1) is 11.8 Å². The minimum absolute atomic E-state index is 0.105. The van der Waals surface area contributed by atoms with Gasteiger partial charge in [0.2, 0.25) is 5.91 Å². The number of carbonyl (C=O) groups is 1. The van der Waals surface area contributed by atoms with Gasteiger partial charge in [-0.3, -0.25) is 4.79 Å². The van der Waals surface area contributed by atoms with Gasteiger partial charge >= 0.3 is 0 Å². The fourth-order valence-electron chi connectivity index (χ4n) is 2.55. The quantitative estimate of drug-likeness (QED) is 0.801. The van der Waals surface area contributed by atoms with Crippen molar-refractivity contribution in [3.8, 4) is 0 Å². The van der Waals surface area contributed by atoms with E-state index < -0.39 is 0 Å². The summed E-state index contributed by atoms with van der Waals surface area (Å²) in [6.45, 7) is 2.82. The lowest BCUT2D eigenvalue weighted by molar-refractivity contribution is -0.115. The van der Waals surface area contributed by atoms with E-state index in [0.29, 0.717) is 36.0 Å². The first-order chi connectivity index (χ1) is 12.2. The van der Waals surface area contributed by atoms with Crippen LogP contribution in [0.25, 0.3) is 0 Å². The first-order valence-corrected chi connectivity index (χ1v) is 9.17. The SMILES string of the molecule is O=C(CCSc1ccccc1F)Nc1cccnc1N1CCOCC1. The number of anilines is 2. The van der Waals surface area contributed by atoms with Crippen LogP contribution < -0.4 is 10.2 Å². The van der Waals surface area contributed by atoms with E-state index in [9.17, 15) is 9.18 Å². The van der Waals surface area contributed by atoms with Gasteiger partial charge in [-0.2, -0.15) is 0 Å². The number of amides is 1. The zero-order chi connectivity index (χ0) is 17.5. The highest BCUT2D eigenvalue weighted by Gasteiger charge is 2.17. The van der Waals surface area contributed by atoms with Gasteiger partial charge in [0, 0.05) is 36.4 Å². The van der Waals surface area contributed by atoms with Gasteiger partial charge in [-0.1, -0.05) is 12.1 Å². The number of pyridine rings is 1. The van der Waals surface area contributed by atoms with Crippen molar-refractivity contribution in [2.24, 2.45) is 0 Å². The van der Waals surface area contributed by atoms with Crippen molar-refractivity contribution in [2.75, 3.05) is 42.3 Å². The fraction of sp³-hybridized carbons (Fsp3) is 0.333. The second kappa shape index (κ2) is 8.82. The Morgan fingerprint density at radius 3 is 2.84 bits per heavy atom. The molecule has 1 aliphatic rings. The summed E-state index contributed by atoms with van der Waals surface area (Å²) in [5, 5.41) is 2.92. The summed E-state index contributed by atoms with van der Waals surface area (Å²) >= 11 is 1.34. The monoisotopic (exact) mass is 361 g/mol. The second-order valence-electron chi connectivity index (χ2n) is 5.55. The summed E-state index contributed by atoms with van der Waals surface area (Å²) in [5.74, 6) is 0.918. The predicted molar refractivity (Wildman–Crippen MR) is 97.6 cm³/mol. The molecule has 0 saturated carbocycles. The first kappa shape index (κ1) is 17.7. The molecule has 0 spiro atoms. The molecule has 132 valence electrons. The lowest BCUT2D eigenvalue weighted by Gasteiger charge is -2.29. The van der Waals surface area contributed by atoms with Gasteiger partial charge in [-0.05, 0) is 24.3 Å². The maximum Gasteiger partial charge on any atom is 0.225 e. The van der Waals surface area contributed by atoms with Crippen LogP contribution in [0.3, 0.4) is 0 Å². The molecular formula is C18H20FN3O2S. The van der Waals surface area contributed by atoms with Gasteiger partial charge in [0.1, 0.15) is 5.82 Å². The molecule has 1 aromatic carbocycles. The number of nitrogens with zero attached hydrogens (tertiary/aromatic N) is 2. The molecule has 1 saturated heterocycles. The number of nitrogens with one attached hydrogen (secondary N) is 1. The molecule has 2 heterocycles. The molecule has 1 aromatic heterocycles. The Morgan fingerprint density at radius 2 is 2.04 bits per heavy atom. The lowest BCUT2D eigenvalue weighted by atomic mass is 10.3. The zero-order valence-electron chi connectivity index (χ0n) is 13.8. The number of thioether (sulfide) groups is 1. The minimum atomic E-state index is -0.255. The molecule has 0 atom stereocenters. The van der Waals surface area contributed by atoms with Gasteiger partial charge in [0.05, 0.1) is 18.9 Å². The molecule has 0 bridgehead atoms. The molecule has 0 radical (unpaired) electrons. The van der Waals surface area contributed by atoms with E-state index in [1.54, 1.807) is 30.5 Å². The first-order valence-electron chi connectivity index (χ1n) is 8.19. The van der Waals surface area contributed by atoms with Crippen LogP contribution in [0.5, 0.6) is 0 Å². The summed E-state index contributed by atoms with van der Waals surface area (Å²) < 4.78 is 18.9. The van der Waals surface area contributed by atoms with Crippen molar-refractivity contribution in [1.82, 2.24) is 4.98 Å². The van der Waals surface area contributed by atoms with Crippen molar-refractivity contribution < 1.29 is 13.9 Å². The molecule has 1 aliphatic heterocycles. The normalized spacial score (nSPS) is 14.4. The van der Waals surface area contributed by atoms with Crippen molar-refractivity contribution in [3.05, 3.63) is 48.4 Å². The van der Waals surface area contributed by atoms with E-state index in [2.05, 4.69) is 15.2 Å². The Morgan fingerprint density at radius 1 is 1.24 bits per heavy atom. The third-order valence-corrected chi connectivity index (χ3v) is 4.85. The standard InChI is InChI=1S/C18H20FN3O2S/c19-14-4-1-2-6-16(14)25-13-7-17(23)21-15-5-3-8-20-18(15)22-9-11-24-12-10-22/h1-6,8H,7,9-13H2,(H,21,23). The molecule has 25 heavy (non-hydrogen) atoms. The van der Waals surface area contributed by atoms with Crippen molar-refractivity contribution in [1.29, 1.82) is 0 Å². The van der Waals surface area contributed by atoms with Gasteiger partial charge in [-0.25, -0.2) is 9.37 Å². The van der Waals surface area contributed by atoms with Crippen molar-refractivity contribution >= 4 is 29.2 Å².